The summed E-state index contributed by atoms with van der Waals surface area (Å²) < 4.78 is 0. The average molecular weight is 366 g/mol. The normalized spacial score (nSPS) is 10.7. The molecule has 3 N–H and O–H groups in total. The minimum Gasteiger partial charge on any atom is -0.356 e. The molecule has 1 amide bonds. The van der Waals surface area contributed by atoms with Crippen LogP contribution in [0.25, 0.3) is 0 Å². The molecule has 134 valence electrons. The third-order valence-electron chi connectivity index (χ3n) is 3.36. The fraction of sp³-hybridized carbons (Fsp3) is 0.200. The Hall–Kier alpha value is -2.91. The molecule has 2 rings (SSSR count). The Morgan fingerprint density at radius 1 is 1.15 bits per heavy atom. The van der Waals surface area contributed by atoms with Crippen molar-refractivity contribution < 1.29 is 4.79 Å². The molecular formula is C20H22N4OS. The molecule has 26 heavy (non-hydrogen) atoms. The van der Waals surface area contributed by atoms with Gasteiger partial charge in [-0.2, -0.15) is 0 Å². The minimum atomic E-state index is -0.166. The summed E-state index contributed by atoms with van der Waals surface area (Å²) in [5, 5.41) is 8.98. The van der Waals surface area contributed by atoms with Gasteiger partial charge in [-0.1, -0.05) is 30.2 Å². The van der Waals surface area contributed by atoms with E-state index in [0.29, 0.717) is 11.6 Å². The molecule has 2 aromatic carbocycles. The number of carbonyl (C=O) groups is 1. The van der Waals surface area contributed by atoms with Gasteiger partial charge in [0.25, 0.3) is 0 Å². The molecule has 0 bridgehead atoms. The molecule has 0 radical (unpaired) electrons. The van der Waals surface area contributed by atoms with Gasteiger partial charge in [0.15, 0.2) is 5.96 Å². The lowest BCUT2D eigenvalue weighted by molar-refractivity contribution is -0.115. The van der Waals surface area contributed by atoms with Crippen molar-refractivity contribution in [3.63, 3.8) is 0 Å². The molecule has 0 aromatic heterocycles. The van der Waals surface area contributed by atoms with Gasteiger partial charge in [0.05, 0.1) is 6.54 Å². The number of nitrogens with one attached hydrogen (secondary N) is 3. The van der Waals surface area contributed by atoms with Crippen LogP contribution in [-0.4, -0.2) is 37.8 Å². The van der Waals surface area contributed by atoms with Gasteiger partial charge in [0.1, 0.15) is 0 Å². The molecule has 0 saturated heterocycles. The maximum atomic E-state index is 12.0. The lowest BCUT2D eigenvalue weighted by Crippen LogP contribution is -2.42. The molecular weight excluding hydrogens is 344 g/mol. The average Bonchev–Trinajstić information content (AvgIpc) is 2.68. The highest BCUT2D eigenvalue weighted by Crippen LogP contribution is 2.15. The molecule has 5 nitrogen and oxygen atoms in total. The SMILES string of the molecule is C#Cc1cccc(NC(=O)CNC(=NC)NCCSc2ccccc2)c1. The molecule has 0 spiro atoms. The van der Waals surface area contributed by atoms with E-state index in [2.05, 4.69) is 39.0 Å². The van der Waals surface area contributed by atoms with Crippen LogP contribution in [0.15, 0.2) is 64.5 Å². The fourth-order valence-electron chi connectivity index (χ4n) is 2.13. The molecule has 0 fully saturated rings. The van der Waals surface area contributed by atoms with Crippen molar-refractivity contribution in [3.05, 3.63) is 60.2 Å². The summed E-state index contributed by atoms with van der Waals surface area (Å²) in [5.41, 5.74) is 1.40. The van der Waals surface area contributed by atoms with Gasteiger partial charge >= 0.3 is 0 Å². The maximum absolute atomic E-state index is 12.0. The topological polar surface area (TPSA) is 65.5 Å². The van der Waals surface area contributed by atoms with E-state index in [9.17, 15) is 4.79 Å². The lowest BCUT2D eigenvalue weighted by atomic mass is 10.2. The van der Waals surface area contributed by atoms with Crippen molar-refractivity contribution >= 4 is 29.3 Å². The number of hydrogen-bond donors (Lipinski definition) is 3. The fourth-order valence-corrected chi connectivity index (χ4v) is 2.92. The van der Waals surface area contributed by atoms with Gasteiger partial charge in [-0.15, -0.1) is 18.2 Å². The van der Waals surface area contributed by atoms with Gasteiger partial charge in [-0.3, -0.25) is 9.79 Å². The van der Waals surface area contributed by atoms with Crippen LogP contribution in [0.3, 0.4) is 0 Å². The summed E-state index contributed by atoms with van der Waals surface area (Å²) in [6.07, 6.45) is 5.36. The zero-order valence-electron chi connectivity index (χ0n) is 14.7. The summed E-state index contributed by atoms with van der Waals surface area (Å²) in [4.78, 5) is 17.4. The van der Waals surface area contributed by atoms with Gasteiger partial charge < -0.3 is 16.0 Å². The van der Waals surface area contributed by atoms with Crippen LogP contribution in [0.5, 0.6) is 0 Å². The first-order valence-corrected chi connectivity index (χ1v) is 9.18. The van der Waals surface area contributed by atoms with E-state index < -0.39 is 0 Å². The van der Waals surface area contributed by atoms with Crippen molar-refractivity contribution in [1.82, 2.24) is 10.6 Å². The van der Waals surface area contributed by atoms with E-state index in [1.54, 1.807) is 30.9 Å². The number of amides is 1. The molecule has 6 heteroatoms. The highest BCUT2D eigenvalue weighted by molar-refractivity contribution is 7.99. The Morgan fingerprint density at radius 2 is 1.96 bits per heavy atom. The second-order valence-corrected chi connectivity index (χ2v) is 6.46. The van der Waals surface area contributed by atoms with Crippen LogP contribution in [0.4, 0.5) is 5.69 Å². The number of rotatable bonds is 7. The van der Waals surface area contributed by atoms with Crippen LogP contribution in [0.1, 0.15) is 5.56 Å². The van der Waals surface area contributed by atoms with Crippen LogP contribution in [0.2, 0.25) is 0 Å². The minimum absolute atomic E-state index is 0.117. The number of carbonyl (C=O) groups excluding carboxylic acids is 1. The van der Waals surface area contributed by atoms with E-state index in [0.717, 1.165) is 17.9 Å². The van der Waals surface area contributed by atoms with Crippen molar-refractivity contribution in [3.8, 4) is 12.3 Å². The first-order chi connectivity index (χ1) is 12.7. The summed E-state index contributed by atoms with van der Waals surface area (Å²) in [5.74, 6) is 3.86. The summed E-state index contributed by atoms with van der Waals surface area (Å²) >= 11 is 1.76. The van der Waals surface area contributed by atoms with Gasteiger partial charge in [0.2, 0.25) is 5.91 Å². The summed E-state index contributed by atoms with van der Waals surface area (Å²) in [6, 6.07) is 17.4. The Labute approximate surface area is 158 Å². The third kappa shape index (κ3) is 6.91. The van der Waals surface area contributed by atoms with Crippen LogP contribution >= 0.6 is 11.8 Å². The third-order valence-corrected chi connectivity index (χ3v) is 4.37. The van der Waals surface area contributed by atoms with E-state index >= 15 is 0 Å². The number of aliphatic imine (C=N–C) groups is 1. The number of anilines is 1. The van der Waals surface area contributed by atoms with Crippen LogP contribution < -0.4 is 16.0 Å². The number of thioether (sulfide) groups is 1. The highest BCUT2D eigenvalue weighted by Gasteiger charge is 2.04. The van der Waals surface area contributed by atoms with E-state index in [4.69, 9.17) is 6.42 Å². The quantitative estimate of drug-likeness (QED) is 0.232. The Bertz CT molecular complexity index is 784. The summed E-state index contributed by atoms with van der Waals surface area (Å²) in [6.45, 7) is 0.858. The predicted octanol–water partition coefficient (Wildman–Crippen LogP) is 2.56. The van der Waals surface area contributed by atoms with Gasteiger partial charge in [-0.25, -0.2) is 0 Å². The first kappa shape index (κ1) is 19.4. The van der Waals surface area contributed by atoms with Crippen molar-refractivity contribution in [1.29, 1.82) is 0 Å². The monoisotopic (exact) mass is 366 g/mol. The van der Waals surface area contributed by atoms with Crippen molar-refractivity contribution in [2.45, 2.75) is 4.90 Å². The largest absolute Gasteiger partial charge is 0.356 e. The van der Waals surface area contributed by atoms with Gasteiger partial charge in [-0.05, 0) is 30.3 Å². The van der Waals surface area contributed by atoms with Gasteiger partial charge in [0, 0.05) is 35.5 Å². The molecule has 2 aromatic rings. The Morgan fingerprint density at radius 3 is 2.69 bits per heavy atom. The van der Waals surface area contributed by atoms with Crippen LogP contribution in [-0.2, 0) is 4.79 Å². The van der Waals surface area contributed by atoms with E-state index in [1.165, 1.54) is 4.90 Å². The highest BCUT2D eigenvalue weighted by atomic mass is 32.2. The van der Waals surface area contributed by atoms with Crippen molar-refractivity contribution in [2.75, 3.05) is 31.2 Å². The van der Waals surface area contributed by atoms with E-state index in [-0.39, 0.29) is 12.5 Å². The smallest absolute Gasteiger partial charge is 0.243 e. The maximum Gasteiger partial charge on any atom is 0.243 e. The molecule has 0 aliphatic rings. The lowest BCUT2D eigenvalue weighted by Gasteiger charge is -2.12. The molecule has 0 atom stereocenters. The first-order valence-electron chi connectivity index (χ1n) is 8.20. The predicted molar refractivity (Wildman–Crippen MR) is 110 cm³/mol. The second kappa shape index (κ2) is 10.9. The second-order valence-electron chi connectivity index (χ2n) is 5.29. The van der Waals surface area contributed by atoms with Crippen molar-refractivity contribution in [2.24, 2.45) is 4.99 Å². The molecule has 0 unspecified atom stereocenters. The number of nitrogens with zero attached hydrogens (tertiary/aromatic N) is 1. The molecule has 0 saturated carbocycles. The summed E-state index contributed by atoms with van der Waals surface area (Å²) in [7, 11) is 1.67. The number of guanidine groups is 1. The zero-order valence-corrected chi connectivity index (χ0v) is 15.5. The Balaban J connectivity index is 1.69. The van der Waals surface area contributed by atoms with Crippen LogP contribution in [0, 0.1) is 12.3 Å². The molecule has 0 heterocycles. The standard InChI is InChI=1S/C20H22N4OS/c1-3-16-8-7-9-17(14-16)24-19(25)15-23-20(21-2)22-12-13-26-18-10-5-4-6-11-18/h1,4-11,14H,12-13,15H2,2H3,(H,24,25)(H2,21,22,23). The van der Waals surface area contributed by atoms with E-state index in [1.807, 2.05) is 30.3 Å². The number of benzene rings is 2. The zero-order chi connectivity index (χ0) is 18.6. The number of terminal acetylenes is 1. The Kier molecular flexibility index (Phi) is 8.10. The molecule has 0 aliphatic heterocycles. The number of hydrogen-bond acceptors (Lipinski definition) is 3. The molecule has 0 aliphatic carbocycles.